The second kappa shape index (κ2) is 8.03. The van der Waals surface area contributed by atoms with Crippen LogP contribution < -0.4 is 11.1 Å². The number of aromatic nitrogens is 5. The highest BCUT2D eigenvalue weighted by atomic mass is 19.1. The number of hydrogen-bond donors (Lipinski definition) is 2. The first-order chi connectivity index (χ1) is 15.1. The zero-order valence-corrected chi connectivity index (χ0v) is 17.3. The summed E-state index contributed by atoms with van der Waals surface area (Å²) in [6.45, 7) is 1.97. The zero-order valence-electron chi connectivity index (χ0n) is 17.3. The summed E-state index contributed by atoms with van der Waals surface area (Å²) in [5.41, 5.74) is 10.3. The third-order valence-corrected chi connectivity index (χ3v) is 5.86. The Kier molecular flexibility index (Phi) is 5.07. The number of nitrogens with zero attached hydrogens (tertiary/aromatic N) is 5. The van der Waals surface area contributed by atoms with Crippen molar-refractivity contribution in [1.29, 1.82) is 0 Å². The van der Waals surface area contributed by atoms with Crippen LogP contribution in [0.3, 0.4) is 0 Å². The largest absolute Gasteiger partial charge is 0.351 e. The molecule has 7 nitrogen and oxygen atoms in total. The van der Waals surface area contributed by atoms with Crippen molar-refractivity contribution < 1.29 is 4.39 Å². The van der Waals surface area contributed by atoms with E-state index in [-0.39, 0.29) is 5.82 Å². The summed E-state index contributed by atoms with van der Waals surface area (Å²) >= 11 is 0. The van der Waals surface area contributed by atoms with Crippen LogP contribution in [0.1, 0.15) is 31.2 Å². The molecule has 8 heteroatoms. The highest BCUT2D eigenvalue weighted by molar-refractivity contribution is 5.68. The number of pyridine rings is 2. The van der Waals surface area contributed by atoms with Crippen LogP contribution in [-0.4, -0.2) is 36.4 Å². The molecule has 0 radical (unpaired) electrons. The first-order valence-electron chi connectivity index (χ1n) is 10.5. The van der Waals surface area contributed by atoms with Crippen molar-refractivity contribution in [3.63, 3.8) is 0 Å². The number of halogens is 1. The van der Waals surface area contributed by atoms with Gasteiger partial charge in [-0.25, -0.2) is 19.3 Å². The van der Waals surface area contributed by atoms with E-state index in [4.69, 9.17) is 10.7 Å². The number of anilines is 1. The molecule has 0 spiro atoms. The van der Waals surface area contributed by atoms with E-state index < -0.39 is 0 Å². The minimum atomic E-state index is -0.361. The zero-order chi connectivity index (χ0) is 21.4. The van der Waals surface area contributed by atoms with Gasteiger partial charge in [0, 0.05) is 36.2 Å². The van der Waals surface area contributed by atoms with Gasteiger partial charge in [0.1, 0.15) is 17.2 Å². The molecule has 0 bridgehead atoms. The Bertz CT molecular complexity index is 1230. The Balaban J connectivity index is 1.51. The van der Waals surface area contributed by atoms with Gasteiger partial charge >= 0.3 is 0 Å². The fourth-order valence-electron chi connectivity index (χ4n) is 4.11. The maximum atomic E-state index is 14.3. The van der Waals surface area contributed by atoms with Crippen LogP contribution in [-0.2, 0) is 0 Å². The maximum absolute atomic E-state index is 14.3. The molecule has 0 amide bonds. The van der Waals surface area contributed by atoms with Crippen LogP contribution >= 0.6 is 0 Å². The minimum Gasteiger partial charge on any atom is -0.351 e. The third kappa shape index (κ3) is 3.86. The summed E-state index contributed by atoms with van der Waals surface area (Å²) in [7, 11) is 0. The highest BCUT2D eigenvalue weighted by Gasteiger charge is 2.20. The molecule has 0 saturated heterocycles. The number of fused-ring (bicyclic) bond motifs is 1. The summed E-state index contributed by atoms with van der Waals surface area (Å²) in [5, 5.41) is 3.46. The molecule has 158 valence electrons. The van der Waals surface area contributed by atoms with E-state index in [0.29, 0.717) is 29.3 Å². The van der Waals surface area contributed by atoms with Crippen LogP contribution in [0, 0.1) is 12.7 Å². The van der Waals surface area contributed by atoms with Crippen LogP contribution in [0.2, 0.25) is 0 Å². The Morgan fingerprint density at radius 3 is 2.68 bits per heavy atom. The molecule has 4 heterocycles. The smallest absolute Gasteiger partial charge is 0.223 e. The minimum absolute atomic E-state index is 0.295. The number of hydrogen-bond acceptors (Lipinski definition) is 6. The SMILES string of the molecule is Cc1cnc(NC2CCC(N)CC2)nc1-c1cnc2ccc(-c3ncccc3F)cn12. The van der Waals surface area contributed by atoms with Crippen LogP contribution in [0.5, 0.6) is 0 Å². The van der Waals surface area contributed by atoms with Crippen LogP contribution in [0.15, 0.2) is 49.1 Å². The lowest BCUT2D eigenvalue weighted by molar-refractivity contribution is 0.410. The van der Waals surface area contributed by atoms with Crippen molar-refractivity contribution in [3.8, 4) is 22.6 Å². The van der Waals surface area contributed by atoms with Crippen molar-refractivity contribution in [2.75, 3.05) is 5.32 Å². The van der Waals surface area contributed by atoms with Gasteiger partial charge < -0.3 is 11.1 Å². The van der Waals surface area contributed by atoms with Crippen LogP contribution in [0.25, 0.3) is 28.3 Å². The number of imidazole rings is 1. The van der Waals surface area contributed by atoms with Gasteiger partial charge in [0.2, 0.25) is 5.95 Å². The molecular formula is C23H24FN7. The number of aryl methyl sites for hydroxylation is 1. The molecule has 1 saturated carbocycles. The summed E-state index contributed by atoms with van der Waals surface area (Å²) in [6, 6.07) is 7.30. The molecule has 0 aliphatic heterocycles. The van der Waals surface area contributed by atoms with E-state index >= 15 is 0 Å². The lowest BCUT2D eigenvalue weighted by atomic mass is 9.92. The lowest BCUT2D eigenvalue weighted by Gasteiger charge is -2.26. The summed E-state index contributed by atoms with van der Waals surface area (Å²) in [5.74, 6) is 0.239. The second-order valence-corrected chi connectivity index (χ2v) is 8.10. The molecule has 1 aliphatic rings. The van der Waals surface area contributed by atoms with E-state index in [0.717, 1.165) is 48.3 Å². The molecule has 0 aromatic carbocycles. The average Bonchev–Trinajstić information content (AvgIpc) is 3.20. The van der Waals surface area contributed by atoms with Crippen molar-refractivity contribution in [2.45, 2.75) is 44.7 Å². The summed E-state index contributed by atoms with van der Waals surface area (Å²) in [4.78, 5) is 18.0. The Hall–Kier alpha value is -3.39. The molecular weight excluding hydrogens is 393 g/mol. The highest BCUT2D eigenvalue weighted by Crippen LogP contribution is 2.27. The van der Waals surface area contributed by atoms with E-state index in [1.807, 2.05) is 35.9 Å². The van der Waals surface area contributed by atoms with Crippen molar-refractivity contribution in [3.05, 3.63) is 60.4 Å². The standard InChI is InChI=1S/C23H24FN7/c1-14-11-28-23(29-17-7-5-16(25)6-8-17)30-21(14)19-12-27-20-9-4-15(13-31(19)20)22-18(24)3-2-10-26-22/h2-4,9-13,16-17H,5-8,25H2,1H3,(H,28,29,30). The number of nitrogens with two attached hydrogens (primary N) is 1. The molecule has 5 rings (SSSR count). The third-order valence-electron chi connectivity index (χ3n) is 5.86. The Morgan fingerprint density at radius 1 is 1.03 bits per heavy atom. The fourth-order valence-corrected chi connectivity index (χ4v) is 4.11. The monoisotopic (exact) mass is 417 g/mol. The molecule has 4 aromatic rings. The van der Waals surface area contributed by atoms with Gasteiger partial charge in [-0.3, -0.25) is 9.38 Å². The molecule has 31 heavy (non-hydrogen) atoms. The quantitative estimate of drug-likeness (QED) is 0.522. The Morgan fingerprint density at radius 2 is 1.87 bits per heavy atom. The van der Waals surface area contributed by atoms with Crippen molar-refractivity contribution in [2.24, 2.45) is 5.73 Å². The molecule has 1 fully saturated rings. The van der Waals surface area contributed by atoms with E-state index in [2.05, 4.69) is 20.3 Å². The van der Waals surface area contributed by atoms with Gasteiger partial charge in [-0.2, -0.15) is 0 Å². The molecule has 3 N–H and O–H groups in total. The summed E-state index contributed by atoms with van der Waals surface area (Å²) in [6.07, 6.45) is 11.1. The van der Waals surface area contributed by atoms with Crippen molar-refractivity contribution in [1.82, 2.24) is 24.3 Å². The first kappa shape index (κ1) is 19.6. The molecule has 1 aliphatic carbocycles. The number of rotatable bonds is 4. The number of nitrogens with one attached hydrogen (secondary N) is 1. The molecule has 4 aromatic heterocycles. The van der Waals surface area contributed by atoms with Crippen LogP contribution in [0.4, 0.5) is 10.3 Å². The van der Waals surface area contributed by atoms with E-state index in [1.54, 1.807) is 18.5 Å². The van der Waals surface area contributed by atoms with Gasteiger partial charge in [0.25, 0.3) is 0 Å². The Labute approximate surface area is 179 Å². The predicted molar refractivity (Wildman–Crippen MR) is 118 cm³/mol. The van der Waals surface area contributed by atoms with Gasteiger partial charge in [0.15, 0.2) is 0 Å². The van der Waals surface area contributed by atoms with Gasteiger partial charge in [-0.1, -0.05) is 0 Å². The maximum Gasteiger partial charge on any atom is 0.223 e. The van der Waals surface area contributed by atoms with Gasteiger partial charge in [0.05, 0.1) is 17.6 Å². The summed E-state index contributed by atoms with van der Waals surface area (Å²) < 4.78 is 16.2. The van der Waals surface area contributed by atoms with E-state index in [9.17, 15) is 4.39 Å². The van der Waals surface area contributed by atoms with Crippen molar-refractivity contribution >= 4 is 11.6 Å². The fraction of sp³-hybridized carbons (Fsp3) is 0.304. The predicted octanol–water partition coefficient (Wildman–Crippen LogP) is 3.98. The molecule has 0 atom stereocenters. The van der Waals surface area contributed by atoms with Gasteiger partial charge in [-0.15, -0.1) is 0 Å². The lowest BCUT2D eigenvalue weighted by Crippen LogP contribution is -2.33. The van der Waals surface area contributed by atoms with E-state index in [1.165, 1.54) is 6.07 Å². The topological polar surface area (TPSA) is 94.0 Å². The normalized spacial score (nSPS) is 18.9. The second-order valence-electron chi connectivity index (χ2n) is 8.10. The van der Waals surface area contributed by atoms with Gasteiger partial charge in [-0.05, 0) is 62.4 Å². The first-order valence-corrected chi connectivity index (χ1v) is 10.5. The average molecular weight is 417 g/mol. The molecule has 0 unspecified atom stereocenters.